The summed E-state index contributed by atoms with van der Waals surface area (Å²) in [4.78, 5) is 28.8. The van der Waals surface area contributed by atoms with Gasteiger partial charge in [0.1, 0.15) is 40.5 Å². The first-order valence-electron chi connectivity index (χ1n) is 8.15. The number of fused-ring (bicyclic) bond motifs is 2. The zero-order chi connectivity index (χ0) is 27.0. The number of carboxylic acid groups (broad SMARTS) is 1. The Morgan fingerprint density at radius 3 is 1.36 bits per heavy atom. The van der Waals surface area contributed by atoms with Crippen LogP contribution in [0, 0.1) is 0 Å². The maximum atomic E-state index is 13.1. The molecule has 188 valence electrons. The number of ketones is 2. The number of carbonyl (C=O) groups excluding carboxylic acids is 2. The van der Waals surface area contributed by atoms with Gasteiger partial charge in [-0.2, -0.15) is 0 Å². The van der Waals surface area contributed by atoms with Crippen molar-refractivity contribution in [1.29, 1.82) is 0 Å². The van der Waals surface area contributed by atoms with E-state index in [-0.39, 0.29) is 118 Å². The van der Waals surface area contributed by atoms with Crippen LogP contribution in [0.15, 0.2) is 37.8 Å². The maximum Gasteiger partial charge on any atom is 1.00 e. The predicted molar refractivity (Wildman–Crippen MR) is 98.6 cm³/mol. The molecule has 3 rings (SSSR count). The molecule has 0 fully saturated rings. The summed E-state index contributed by atoms with van der Waals surface area (Å²) in [6, 6.07) is 1.72. The van der Waals surface area contributed by atoms with Gasteiger partial charge < -0.3 is 23.3 Å². The quantitative estimate of drug-likeness (QED) is 0.196. The molecule has 2 aromatic rings. The maximum absolute atomic E-state index is 13.1. The molecule has 0 saturated heterocycles. The van der Waals surface area contributed by atoms with E-state index < -0.39 is 105 Å². The van der Waals surface area contributed by atoms with E-state index in [1.807, 2.05) is 0 Å². The van der Waals surface area contributed by atoms with Crippen molar-refractivity contribution < 1.29 is 190 Å². The number of benzene rings is 2. The van der Waals surface area contributed by atoms with Crippen LogP contribution >= 0.6 is 0 Å². The van der Waals surface area contributed by atoms with E-state index in [1.165, 1.54) is 0 Å². The van der Waals surface area contributed by atoms with E-state index in [0.29, 0.717) is 18.2 Å². The second kappa shape index (κ2) is 13.7. The van der Waals surface area contributed by atoms with E-state index in [0.717, 1.165) is 0 Å². The molecule has 0 radical (unpaired) electrons. The van der Waals surface area contributed by atoms with Crippen LogP contribution in [0.3, 0.4) is 0 Å². The van der Waals surface area contributed by atoms with Gasteiger partial charge in [-0.3, -0.25) is 9.59 Å². The summed E-state index contributed by atoms with van der Waals surface area (Å²) in [6.07, 6.45) is 0. The van der Waals surface area contributed by atoms with Crippen molar-refractivity contribution in [3.63, 3.8) is 0 Å². The molecule has 0 amide bonds. The SMILES string of the molecule is O=C1c2cccc(S(=O)(=O)[O-])c2C(=O)c2c1c(S(=O)(=O)[O-])c(C(=O)O)c(S(=O)(=O)[O-])c2S(=O)(=O)[O-].[Na+].[Na+].[Na+].[Na+]. The van der Waals surface area contributed by atoms with Gasteiger partial charge in [0.15, 0.2) is 11.6 Å². The molecular weight excluding hydrogens is 656 g/mol. The molecule has 0 spiro atoms. The fourth-order valence-corrected chi connectivity index (χ4v) is 7.26. The molecule has 0 bridgehead atoms. The molecule has 1 N–H and O–H groups in total. The molecular formula is C15H4Na4O16S4. The van der Waals surface area contributed by atoms with Gasteiger partial charge in [0.25, 0.3) is 0 Å². The number of carboxylic acids is 1. The first kappa shape index (κ1) is 42.0. The first-order chi connectivity index (χ1) is 15.6. The third-order valence-electron chi connectivity index (χ3n) is 4.55. The summed E-state index contributed by atoms with van der Waals surface area (Å²) in [5.74, 6) is -6.87. The third-order valence-corrected chi connectivity index (χ3v) is 8.28. The second-order valence-corrected chi connectivity index (χ2v) is 11.9. The van der Waals surface area contributed by atoms with E-state index >= 15 is 0 Å². The van der Waals surface area contributed by atoms with Crippen LogP contribution in [0.25, 0.3) is 0 Å². The van der Waals surface area contributed by atoms with Crippen LogP contribution in [-0.2, 0) is 40.5 Å². The monoisotopic (exact) mass is 660 g/mol. The van der Waals surface area contributed by atoms with Crippen LogP contribution in [0.2, 0.25) is 0 Å². The van der Waals surface area contributed by atoms with Gasteiger partial charge in [0, 0.05) is 5.56 Å². The Bertz CT molecular complexity index is 1850. The van der Waals surface area contributed by atoms with Crippen LogP contribution in [0.1, 0.15) is 42.2 Å². The fourth-order valence-electron chi connectivity index (χ4n) is 3.46. The largest absolute Gasteiger partial charge is 1.00 e. The Kier molecular flexibility index (Phi) is 14.7. The topological polar surface area (TPSA) is 300 Å². The Morgan fingerprint density at radius 2 is 1.00 bits per heavy atom. The van der Waals surface area contributed by atoms with Crippen LogP contribution in [0.4, 0.5) is 0 Å². The zero-order valence-corrected chi connectivity index (χ0v) is 31.2. The number of aromatic carboxylic acids is 1. The van der Waals surface area contributed by atoms with Gasteiger partial charge in [0.2, 0.25) is 0 Å². The minimum absolute atomic E-state index is 0. The minimum atomic E-state index is -6.52. The van der Waals surface area contributed by atoms with Gasteiger partial charge >= 0.3 is 124 Å². The smallest absolute Gasteiger partial charge is 0.744 e. The van der Waals surface area contributed by atoms with Crippen molar-refractivity contribution in [2.45, 2.75) is 19.6 Å². The van der Waals surface area contributed by atoms with Crippen molar-refractivity contribution in [3.8, 4) is 0 Å². The summed E-state index contributed by atoms with van der Waals surface area (Å²) in [6.45, 7) is 0. The van der Waals surface area contributed by atoms with Crippen LogP contribution < -0.4 is 118 Å². The summed E-state index contributed by atoms with van der Waals surface area (Å²) in [7, 11) is -25.0. The molecule has 0 aromatic heterocycles. The Hall–Kier alpha value is 0.890. The number of rotatable bonds is 5. The van der Waals surface area contributed by atoms with Crippen LogP contribution in [-0.4, -0.2) is 74.5 Å². The van der Waals surface area contributed by atoms with Crippen molar-refractivity contribution in [3.05, 3.63) is 46.0 Å². The van der Waals surface area contributed by atoms with Gasteiger partial charge in [0.05, 0.1) is 41.8 Å². The number of hydrogen-bond donors (Lipinski definition) is 1. The standard InChI is InChI=1S/C15H8O16S4.4Na/c16-10-4-2-1-3-5(32(20,21)22)6(4)11(17)8-7(10)12(33(23,24)25)9(15(18)19)14(35(29,30)31)13(8)34(26,27)28;;;;/h1-3H,(H,18,19)(H,20,21,22)(H,23,24,25)(H,26,27,28)(H,29,30,31);;;;/q;4*+1/p-4. The van der Waals surface area contributed by atoms with E-state index in [1.54, 1.807) is 0 Å². The summed E-state index contributed by atoms with van der Waals surface area (Å²) in [5.41, 5.74) is -9.00. The molecule has 0 saturated carbocycles. The molecule has 1 aliphatic carbocycles. The van der Waals surface area contributed by atoms with E-state index in [2.05, 4.69) is 0 Å². The summed E-state index contributed by atoms with van der Waals surface area (Å²) < 4.78 is 142. The minimum Gasteiger partial charge on any atom is -0.744 e. The molecule has 1 aliphatic rings. The van der Waals surface area contributed by atoms with Crippen molar-refractivity contribution >= 4 is 58.0 Å². The number of carbonyl (C=O) groups is 3. The average molecular weight is 660 g/mol. The van der Waals surface area contributed by atoms with Gasteiger partial charge in [-0.1, -0.05) is 12.1 Å². The van der Waals surface area contributed by atoms with E-state index in [4.69, 9.17) is 0 Å². The van der Waals surface area contributed by atoms with Gasteiger partial charge in [-0.25, -0.2) is 38.5 Å². The molecule has 39 heavy (non-hydrogen) atoms. The fraction of sp³-hybridized carbons (Fsp3) is 0. The first-order valence-corrected chi connectivity index (χ1v) is 13.8. The molecule has 2 aromatic carbocycles. The van der Waals surface area contributed by atoms with E-state index in [9.17, 15) is 71.4 Å². The summed E-state index contributed by atoms with van der Waals surface area (Å²) >= 11 is 0. The van der Waals surface area contributed by atoms with Gasteiger partial charge in [-0.05, 0) is 6.07 Å². The predicted octanol–water partition coefficient (Wildman–Crippen LogP) is -14.2. The van der Waals surface area contributed by atoms with Gasteiger partial charge in [-0.15, -0.1) is 0 Å². The molecule has 16 nitrogen and oxygen atoms in total. The third kappa shape index (κ3) is 7.70. The van der Waals surface area contributed by atoms with Crippen molar-refractivity contribution in [2.24, 2.45) is 0 Å². The Labute approximate surface area is 308 Å². The Balaban J connectivity index is 0. The average Bonchev–Trinajstić information content (AvgIpc) is 2.66. The number of hydrogen-bond acceptors (Lipinski definition) is 15. The van der Waals surface area contributed by atoms with Crippen LogP contribution in [0.5, 0.6) is 0 Å². The van der Waals surface area contributed by atoms with Crippen molar-refractivity contribution in [1.82, 2.24) is 0 Å². The molecule has 24 heteroatoms. The zero-order valence-electron chi connectivity index (χ0n) is 19.9. The molecule has 0 atom stereocenters. The Morgan fingerprint density at radius 1 is 0.590 bits per heavy atom. The molecule has 0 unspecified atom stereocenters. The van der Waals surface area contributed by atoms with Crippen molar-refractivity contribution in [2.75, 3.05) is 0 Å². The normalized spacial score (nSPS) is 12.9. The molecule has 0 heterocycles. The molecule has 0 aliphatic heterocycles. The second-order valence-electron chi connectivity index (χ2n) is 6.57. The summed E-state index contributed by atoms with van der Waals surface area (Å²) in [5, 5.41) is 9.34.